The minimum absolute atomic E-state index is 0.0545. The Morgan fingerprint density at radius 1 is 0.872 bits per heavy atom. The Hall–Kier alpha value is -3.98. The molecule has 9 nitrogen and oxygen atoms in total. The molecule has 39 heavy (non-hydrogen) atoms. The lowest BCUT2D eigenvalue weighted by atomic mass is 9.71. The summed E-state index contributed by atoms with van der Waals surface area (Å²) in [4.78, 5) is 27.3. The highest BCUT2D eigenvalue weighted by atomic mass is 16.6. The number of benzene rings is 2. The number of esters is 1. The van der Waals surface area contributed by atoms with Gasteiger partial charge in [-0.1, -0.05) is 12.1 Å². The topological polar surface area (TPSA) is 102 Å². The summed E-state index contributed by atoms with van der Waals surface area (Å²) in [6.07, 6.45) is 0.852. The number of allylic oxidation sites excluding steroid dienone is 3. The molecule has 0 saturated carbocycles. The molecule has 1 N–H and O–H groups in total. The summed E-state index contributed by atoms with van der Waals surface area (Å²) in [6, 6.07) is 11.1. The SMILES string of the molecule is COCCOC(=O)C1=C(C)NC2=C(C(=O)C[C@H](c3ccc(OC)c(OC)c3)C2)[C@H]1c1ccc(OC)cc1OC. The summed E-state index contributed by atoms with van der Waals surface area (Å²) in [7, 11) is 7.84. The van der Waals surface area contributed by atoms with Crippen LogP contribution in [0.1, 0.15) is 42.7 Å². The van der Waals surface area contributed by atoms with Crippen molar-refractivity contribution in [1.82, 2.24) is 5.32 Å². The fourth-order valence-corrected chi connectivity index (χ4v) is 5.32. The molecule has 9 heteroatoms. The second kappa shape index (κ2) is 12.3. The summed E-state index contributed by atoms with van der Waals surface area (Å²) in [5.74, 6) is 1.03. The van der Waals surface area contributed by atoms with Crippen molar-refractivity contribution in [1.29, 1.82) is 0 Å². The molecule has 0 spiro atoms. The maximum Gasteiger partial charge on any atom is 0.336 e. The van der Waals surface area contributed by atoms with Crippen molar-refractivity contribution in [2.75, 3.05) is 48.8 Å². The highest BCUT2D eigenvalue weighted by Gasteiger charge is 2.42. The Labute approximate surface area is 228 Å². The van der Waals surface area contributed by atoms with Crippen LogP contribution in [0.3, 0.4) is 0 Å². The molecule has 0 bridgehead atoms. The van der Waals surface area contributed by atoms with Gasteiger partial charge in [0.15, 0.2) is 17.3 Å². The normalized spacial score (nSPS) is 18.8. The lowest BCUT2D eigenvalue weighted by molar-refractivity contribution is -0.140. The van der Waals surface area contributed by atoms with E-state index in [9.17, 15) is 9.59 Å². The molecule has 4 rings (SSSR count). The smallest absolute Gasteiger partial charge is 0.336 e. The van der Waals surface area contributed by atoms with Crippen molar-refractivity contribution in [3.05, 3.63) is 70.1 Å². The van der Waals surface area contributed by atoms with E-state index in [0.29, 0.717) is 51.8 Å². The van der Waals surface area contributed by atoms with Crippen LogP contribution in [-0.4, -0.2) is 60.5 Å². The van der Waals surface area contributed by atoms with Gasteiger partial charge >= 0.3 is 5.97 Å². The second-order valence-electron chi connectivity index (χ2n) is 9.37. The number of hydrogen-bond donors (Lipinski definition) is 1. The van der Waals surface area contributed by atoms with Crippen molar-refractivity contribution in [2.45, 2.75) is 31.6 Å². The molecule has 2 aliphatic rings. The van der Waals surface area contributed by atoms with Gasteiger partial charge in [-0.05, 0) is 43.0 Å². The number of dihydropyridines is 1. The van der Waals surface area contributed by atoms with Gasteiger partial charge < -0.3 is 33.7 Å². The number of rotatable bonds is 10. The molecule has 0 fully saturated rings. The second-order valence-corrected chi connectivity index (χ2v) is 9.37. The molecule has 208 valence electrons. The highest BCUT2D eigenvalue weighted by molar-refractivity contribution is 6.04. The molecule has 0 saturated heterocycles. The largest absolute Gasteiger partial charge is 0.497 e. The van der Waals surface area contributed by atoms with Gasteiger partial charge in [-0.25, -0.2) is 4.79 Å². The van der Waals surface area contributed by atoms with Crippen molar-refractivity contribution in [3.8, 4) is 23.0 Å². The Kier molecular flexibility index (Phi) is 8.81. The van der Waals surface area contributed by atoms with Crippen molar-refractivity contribution < 1.29 is 38.0 Å². The van der Waals surface area contributed by atoms with E-state index < -0.39 is 11.9 Å². The van der Waals surface area contributed by atoms with E-state index in [2.05, 4.69) is 5.32 Å². The van der Waals surface area contributed by atoms with Gasteiger partial charge in [0.2, 0.25) is 0 Å². The first-order chi connectivity index (χ1) is 18.9. The molecule has 2 aromatic carbocycles. The molecule has 1 heterocycles. The number of hydrogen-bond acceptors (Lipinski definition) is 9. The molecule has 2 atom stereocenters. The van der Waals surface area contributed by atoms with Crippen LogP contribution in [0, 0.1) is 0 Å². The summed E-state index contributed by atoms with van der Waals surface area (Å²) < 4.78 is 32.5. The maximum absolute atomic E-state index is 13.9. The predicted octanol–water partition coefficient (Wildman–Crippen LogP) is 4.27. The van der Waals surface area contributed by atoms with Crippen LogP contribution in [-0.2, 0) is 19.1 Å². The Morgan fingerprint density at radius 2 is 1.62 bits per heavy atom. The fourth-order valence-electron chi connectivity index (χ4n) is 5.32. The van der Waals surface area contributed by atoms with Gasteiger partial charge in [0.05, 0.1) is 46.5 Å². The summed E-state index contributed by atoms with van der Waals surface area (Å²) in [6.45, 7) is 2.19. The molecular weight excluding hydrogens is 502 g/mol. The predicted molar refractivity (Wildman–Crippen MR) is 145 cm³/mol. The first-order valence-corrected chi connectivity index (χ1v) is 12.7. The van der Waals surface area contributed by atoms with Crippen molar-refractivity contribution in [3.63, 3.8) is 0 Å². The zero-order valence-corrected chi connectivity index (χ0v) is 23.2. The number of ether oxygens (including phenoxy) is 6. The lowest BCUT2D eigenvalue weighted by Crippen LogP contribution is -2.36. The summed E-state index contributed by atoms with van der Waals surface area (Å²) >= 11 is 0. The number of Topliss-reactive ketones (excluding diaryl/α,β-unsaturated/α-hetero) is 1. The first-order valence-electron chi connectivity index (χ1n) is 12.7. The van der Waals surface area contributed by atoms with Crippen LogP contribution >= 0.6 is 0 Å². The van der Waals surface area contributed by atoms with E-state index in [-0.39, 0.29) is 31.3 Å². The zero-order chi connectivity index (χ0) is 28.1. The van der Waals surface area contributed by atoms with Gasteiger partial charge in [0.25, 0.3) is 0 Å². The third kappa shape index (κ3) is 5.59. The quantitative estimate of drug-likeness (QED) is 0.352. The monoisotopic (exact) mass is 537 g/mol. The summed E-state index contributed by atoms with van der Waals surface area (Å²) in [5.41, 5.74) is 3.97. The maximum atomic E-state index is 13.9. The average molecular weight is 538 g/mol. The van der Waals surface area contributed by atoms with E-state index in [4.69, 9.17) is 28.4 Å². The molecular formula is C30H35NO8. The van der Waals surface area contributed by atoms with Gasteiger partial charge in [0.1, 0.15) is 18.1 Å². The van der Waals surface area contributed by atoms with E-state index in [0.717, 1.165) is 11.3 Å². The van der Waals surface area contributed by atoms with Crippen molar-refractivity contribution in [2.24, 2.45) is 0 Å². The van der Waals surface area contributed by atoms with Gasteiger partial charge in [-0.15, -0.1) is 0 Å². The Balaban J connectivity index is 1.79. The van der Waals surface area contributed by atoms with Crippen LogP contribution in [0.2, 0.25) is 0 Å². The Morgan fingerprint density at radius 3 is 2.28 bits per heavy atom. The lowest BCUT2D eigenvalue weighted by Gasteiger charge is -2.37. The van der Waals surface area contributed by atoms with Crippen LogP contribution in [0.5, 0.6) is 23.0 Å². The fraction of sp³-hybridized carbons (Fsp3) is 0.400. The molecule has 0 amide bonds. The van der Waals surface area contributed by atoms with Gasteiger partial charge in [0, 0.05) is 42.1 Å². The summed E-state index contributed by atoms with van der Waals surface area (Å²) in [5, 5.41) is 3.37. The number of ketones is 1. The highest BCUT2D eigenvalue weighted by Crippen LogP contribution is 2.48. The molecule has 0 radical (unpaired) electrons. The van der Waals surface area contributed by atoms with Crippen LogP contribution in [0.4, 0.5) is 0 Å². The molecule has 0 unspecified atom stereocenters. The third-order valence-corrected chi connectivity index (χ3v) is 7.20. The third-order valence-electron chi connectivity index (χ3n) is 7.20. The molecule has 0 aromatic heterocycles. The van der Waals surface area contributed by atoms with E-state index in [1.165, 1.54) is 7.11 Å². The average Bonchev–Trinajstić information content (AvgIpc) is 2.95. The number of methoxy groups -OCH3 is 5. The van der Waals surface area contributed by atoms with Crippen LogP contribution in [0.25, 0.3) is 0 Å². The number of carbonyl (C=O) groups excluding carboxylic acids is 2. The molecule has 1 aliphatic carbocycles. The van der Waals surface area contributed by atoms with Gasteiger partial charge in [-0.3, -0.25) is 4.79 Å². The van der Waals surface area contributed by atoms with E-state index in [1.54, 1.807) is 40.6 Å². The van der Waals surface area contributed by atoms with Crippen LogP contribution < -0.4 is 24.3 Å². The molecule has 2 aromatic rings. The van der Waals surface area contributed by atoms with E-state index in [1.807, 2.05) is 31.2 Å². The van der Waals surface area contributed by atoms with Crippen LogP contribution in [0.15, 0.2) is 58.9 Å². The standard InChI is InChI=1S/C30H35NO8/c1-17-27(30(33)39-12-11-34-2)28(21-9-8-20(35-3)16-25(21)37-5)29-22(31-17)13-19(14-23(29)32)18-7-10-24(36-4)26(15-18)38-6/h7-10,15-16,19,28,31H,11-14H2,1-6H3/t19-,28+/m1/s1. The molecule has 1 aliphatic heterocycles. The Bertz CT molecular complexity index is 1310. The zero-order valence-electron chi connectivity index (χ0n) is 23.2. The number of nitrogens with one attached hydrogen (secondary N) is 1. The van der Waals surface area contributed by atoms with E-state index >= 15 is 0 Å². The first kappa shape index (κ1) is 28.0. The minimum atomic E-state index is -0.670. The van der Waals surface area contributed by atoms with Crippen molar-refractivity contribution >= 4 is 11.8 Å². The van der Waals surface area contributed by atoms with Gasteiger partial charge in [-0.2, -0.15) is 0 Å². The number of carbonyl (C=O) groups is 2. The minimum Gasteiger partial charge on any atom is -0.497 e.